The van der Waals surface area contributed by atoms with Crippen LogP contribution in [0.15, 0.2) is 41.2 Å². The molecule has 166 valence electrons. The summed E-state index contributed by atoms with van der Waals surface area (Å²) in [6.45, 7) is 7.56. The van der Waals surface area contributed by atoms with Gasteiger partial charge in [-0.3, -0.25) is 9.78 Å². The molecule has 2 fully saturated rings. The van der Waals surface area contributed by atoms with Crippen molar-refractivity contribution >= 4 is 17.5 Å². The van der Waals surface area contributed by atoms with Crippen molar-refractivity contribution in [1.29, 1.82) is 0 Å². The van der Waals surface area contributed by atoms with E-state index in [9.17, 15) is 4.79 Å². The number of ether oxygens (including phenoxy) is 1. The molecule has 5 rings (SSSR count). The number of pyridine rings is 1. The van der Waals surface area contributed by atoms with Gasteiger partial charge in [0.25, 0.3) is 5.91 Å². The van der Waals surface area contributed by atoms with Gasteiger partial charge in [0.1, 0.15) is 17.5 Å². The first-order valence-electron chi connectivity index (χ1n) is 10.8. The van der Waals surface area contributed by atoms with Gasteiger partial charge in [0, 0.05) is 69.4 Å². The van der Waals surface area contributed by atoms with Crippen molar-refractivity contribution in [2.75, 3.05) is 62.3 Å². The molecule has 3 aromatic rings. The van der Waals surface area contributed by atoms with Crippen molar-refractivity contribution in [2.45, 2.75) is 6.92 Å². The van der Waals surface area contributed by atoms with Gasteiger partial charge < -0.3 is 24.0 Å². The zero-order valence-electron chi connectivity index (χ0n) is 18.0. The third-order valence-electron chi connectivity index (χ3n) is 5.71. The Bertz CT molecular complexity index is 1070. The molecule has 2 aliphatic heterocycles. The lowest BCUT2D eigenvalue weighted by Crippen LogP contribution is -2.49. The van der Waals surface area contributed by atoms with Crippen molar-refractivity contribution in [3.05, 3.63) is 48.2 Å². The number of carbonyl (C=O) groups excluding carboxylic acids is 1. The van der Waals surface area contributed by atoms with E-state index in [0.29, 0.717) is 50.8 Å². The van der Waals surface area contributed by atoms with Gasteiger partial charge in [-0.1, -0.05) is 5.16 Å². The minimum absolute atomic E-state index is 0.128. The van der Waals surface area contributed by atoms with Gasteiger partial charge in [0.15, 0.2) is 11.5 Å². The van der Waals surface area contributed by atoms with E-state index in [2.05, 4.69) is 29.9 Å². The molecule has 1 amide bonds. The summed E-state index contributed by atoms with van der Waals surface area (Å²) in [6.07, 6.45) is 3.37. The topological polar surface area (TPSA) is 101 Å². The van der Waals surface area contributed by atoms with Crippen LogP contribution in [0.4, 0.5) is 11.6 Å². The van der Waals surface area contributed by atoms with Crippen LogP contribution in [0.5, 0.6) is 0 Å². The summed E-state index contributed by atoms with van der Waals surface area (Å²) in [5, 5.41) is 3.98. The number of aryl methyl sites for hydroxylation is 1. The minimum Gasteiger partial charge on any atom is -0.378 e. The molecular formula is C22H25N7O3. The van der Waals surface area contributed by atoms with Gasteiger partial charge in [-0.25, -0.2) is 9.97 Å². The van der Waals surface area contributed by atoms with E-state index in [4.69, 9.17) is 9.26 Å². The lowest BCUT2D eigenvalue weighted by molar-refractivity contribution is 0.0736. The summed E-state index contributed by atoms with van der Waals surface area (Å²) in [6, 6.07) is 7.40. The maximum atomic E-state index is 12.9. The minimum atomic E-state index is -0.128. The molecule has 0 N–H and O–H groups in total. The number of morpholine rings is 1. The summed E-state index contributed by atoms with van der Waals surface area (Å²) in [7, 11) is 0. The third-order valence-corrected chi connectivity index (χ3v) is 5.71. The van der Waals surface area contributed by atoms with Crippen LogP contribution in [0.1, 0.15) is 16.3 Å². The molecule has 3 aromatic heterocycles. The van der Waals surface area contributed by atoms with Gasteiger partial charge in [0.05, 0.1) is 13.2 Å². The van der Waals surface area contributed by atoms with E-state index in [1.807, 2.05) is 25.1 Å². The highest BCUT2D eigenvalue weighted by molar-refractivity contribution is 5.93. The van der Waals surface area contributed by atoms with Crippen molar-refractivity contribution in [3.8, 4) is 11.3 Å². The Balaban J connectivity index is 1.24. The highest BCUT2D eigenvalue weighted by Gasteiger charge is 2.26. The summed E-state index contributed by atoms with van der Waals surface area (Å²) in [5.74, 6) is 2.97. The standard InChI is InChI=1S/C22H25N7O3/c1-16-24-20(14-21(25-16)28-9-11-31-12-10-28)27-5-7-29(8-6-27)22(30)18-13-19(32-26-18)17-3-2-4-23-15-17/h2-4,13-15H,5-12H2,1H3. The number of piperazine rings is 1. The quantitative estimate of drug-likeness (QED) is 0.605. The van der Waals surface area contributed by atoms with Crippen LogP contribution in [0.2, 0.25) is 0 Å². The lowest BCUT2D eigenvalue weighted by atomic mass is 10.2. The van der Waals surface area contributed by atoms with Gasteiger partial charge in [-0.05, 0) is 19.1 Å². The van der Waals surface area contributed by atoms with Crippen LogP contribution in [0, 0.1) is 6.92 Å². The number of rotatable bonds is 4. The van der Waals surface area contributed by atoms with Crippen molar-refractivity contribution in [1.82, 2.24) is 25.0 Å². The molecule has 10 nitrogen and oxygen atoms in total. The fourth-order valence-corrected chi connectivity index (χ4v) is 3.97. The van der Waals surface area contributed by atoms with E-state index in [0.717, 1.165) is 36.1 Å². The monoisotopic (exact) mass is 435 g/mol. The lowest BCUT2D eigenvalue weighted by Gasteiger charge is -2.35. The molecule has 10 heteroatoms. The van der Waals surface area contributed by atoms with Crippen LogP contribution < -0.4 is 9.80 Å². The van der Waals surface area contributed by atoms with Crippen LogP contribution in [0.3, 0.4) is 0 Å². The fraction of sp³-hybridized carbons (Fsp3) is 0.409. The van der Waals surface area contributed by atoms with Crippen LogP contribution >= 0.6 is 0 Å². The van der Waals surface area contributed by atoms with Gasteiger partial charge in [-0.2, -0.15) is 0 Å². The Hall–Kier alpha value is -3.53. The normalized spacial score (nSPS) is 17.0. The fourth-order valence-electron chi connectivity index (χ4n) is 3.97. The molecule has 0 aromatic carbocycles. The smallest absolute Gasteiger partial charge is 0.276 e. The molecule has 0 atom stereocenters. The van der Waals surface area contributed by atoms with E-state index < -0.39 is 0 Å². The molecule has 2 saturated heterocycles. The highest BCUT2D eigenvalue weighted by Crippen LogP contribution is 2.23. The maximum absolute atomic E-state index is 12.9. The summed E-state index contributed by atoms with van der Waals surface area (Å²) in [5.41, 5.74) is 1.10. The number of carbonyl (C=O) groups is 1. The van der Waals surface area contributed by atoms with E-state index in [1.54, 1.807) is 23.4 Å². The zero-order chi connectivity index (χ0) is 21.9. The second kappa shape index (κ2) is 8.91. The molecule has 5 heterocycles. The van der Waals surface area contributed by atoms with Crippen molar-refractivity contribution < 1.29 is 14.1 Å². The van der Waals surface area contributed by atoms with E-state index >= 15 is 0 Å². The summed E-state index contributed by atoms with van der Waals surface area (Å²) >= 11 is 0. The van der Waals surface area contributed by atoms with Gasteiger partial charge in [0.2, 0.25) is 0 Å². The molecular weight excluding hydrogens is 410 g/mol. The largest absolute Gasteiger partial charge is 0.378 e. The van der Waals surface area contributed by atoms with Gasteiger partial charge in [-0.15, -0.1) is 0 Å². The second-order valence-electron chi connectivity index (χ2n) is 7.83. The Morgan fingerprint density at radius 2 is 1.69 bits per heavy atom. The zero-order valence-corrected chi connectivity index (χ0v) is 18.0. The number of hydrogen-bond donors (Lipinski definition) is 0. The Kier molecular flexibility index (Phi) is 5.68. The Labute approximate surface area is 185 Å². The predicted octanol–water partition coefficient (Wildman–Crippen LogP) is 1.63. The SMILES string of the molecule is Cc1nc(N2CCOCC2)cc(N2CCN(C(=O)c3cc(-c4cccnc4)on3)CC2)n1. The average molecular weight is 435 g/mol. The first-order chi connectivity index (χ1) is 15.7. The number of hydrogen-bond acceptors (Lipinski definition) is 9. The molecule has 0 bridgehead atoms. The first kappa shape index (κ1) is 20.4. The average Bonchev–Trinajstić information content (AvgIpc) is 3.35. The molecule has 0 unspecified atom stereocenters. The van der Waals surface area contributed by atoms with Crippen LogP contribution in [-0.4, -0.2) is 83.4 Å². The molecule has 2 aliphatic rings. The highest BCUT2D eigenvalue weighted by atomic mass is 16.5. The Morgan fingerprint density at radius 3 is 2.38 bits per heavy atom. The second-order valence-corrected chi connectivity index (χ2v) is 7.83. The summed E-state index contributed by atoms with van der Waals surface area (Å²) in [4.78, 5) is 32.5. The van der Waals surface area contributed by atoms with Crippen molar-refractivity contribution in [2.24, 2.45) is 0 Å². The summed E-state index contributed by atoms with van der Waals surface area (Å²) < 4.78 is 10.8. The molecule has 0 radical (unpaired) electrons. The van der Waals surface area contributed by atoms with Crippen molar-refractivity contribution in [3.63, 3.8) is 0 Å². The van der Waals surface area contributed by atoms with Crippen LogP contribution in [-0.2, 0) is 4.74 Å². The predicted molar refractivity (Wildman–Crippen MR) is 118 cm³/mol. The van der Waals surface area contributed by atoms with Gasteiger partial charge >= 0.3 is 0 Å². The molecule has 32 heavy (non-hydrogen) atoms. The number of amides is 1. The molecule has 0 aliphatic carbocycles. The number of anilines is 2. The first-order valence-corrected chi connectivity index (χ1v) is 10.8. The maximum Gasteiger partial charge on any atom is 0.276 e. The van der Waals surface area contributed by atoms with E-state index in [-0.39, 0.29) is 5.91 Å². The number of nitrogens with zero attached hydrogens (tertiary/aromatic N) is 7. The molecule has 0 saturated carbocycles. The van der Waals surface area contributed by atoms with E-state index in [1.165, 1.54) is 0 Å². The number of aromatic nitrogens is 4. The van der Waals surface area contributed by atoms with Crippen LogP contribution in [0.25, 0.3) is 11.3 Å². The molecule has 0 spiro atoms. The Morgan fingerprint density at radius 1 is 0.969 bits per heavy atom. The third kappa shape index (κ3) is 4.26.